The third kappa shape index (κ3) is 4.05. The molecule has 0 heterocycles. The van der Waals surface area contributed by atoms with Crippen LogP contribution in [0.25, 0.3) is 0 Å². The summed E-state index contributed by atoms with van der Waals surface area (Å²) in [5, 5.41) is 10.5. The minimum Gasteiger partial charge on any atom is -0.279 e. The quantitative estimate of drug-likeness (QED) is 0.278. The Bertz CT molecular complexity index is 785. The van der Waals surface area contributed by atoms with Gasteiger partial charge in [-0.1, -0.05) is 24.1 Å². The summed E-state index contributed by atoms with van der Waals surface area (Å²) in [5.74, 6) is 9.84. The average molecular weight is 275 g/mol. The number of Topliss-reactive ketones (excluding diaryl/α,β-unsaturated/α-hetero) is 1. The summed E-state index contributed by atoms with van der Waals surface area (Å²) in [6, 6.07) is 14.6. The molecule has 21 heavy (non-hydrogen) atoms. The van der Waals surface area contributed by atoms with E-state index in [1.165, 1.54) is 24.3 Å². The molecular formula is C17H9NO3. The summed E-state index contributed by atoms with van der Waals surface area (Å²) in [6.07, 6.45) is 0. The summed E-state index contributed by atoms with van der Waals surface area (Å²) in [5.41, 5.74) is 1.05. The van der Waals surface area contributed by atoms with Gasteiger partial charge in [-0.05, 0) is 42.0 Å². The second kappa shape index (κ2) is 6.70. The van der Waals surface area contributed by atoms with Gasteiger partial charge in [-0.3, -0.25) is 14.9 Å². The van der Waals surface area contributed by atoms with Crippen LogP contribution in [0.15, 0.2) is 54.6 Å². The van der Waals surface area contributed by atoms with E-state index < -0.39 is 10.7 Å². The molecule has 0 atom stereocenters. The van der Waals surface area contributed by atoms with Crippen molar-refractivity contribution in [3.05, 3.63) is 75.8 Å². The second-order valence-corrected chi connectivity index (χ2v) is 4.00. The van der Waals surface area contributed by atoms with Crippen LogP contribution >= 0.6 is 0 Å². The van der Waals surface area contributed by atoms with Gasteiger partial charge in [-0.2, -0.15) is 0 Å². The van der Waals surface area contributed by atoms with E-state index in [9.17, 15) is 14.9 Å². The monoisotopic (exact) mass is 275 g/mol. The van der Waals surface area contributed by atoms with Crippen molar-refractivity contribution in [2.24, 2.45) is 0 Å². The number of nitro benzene ring substituents is 1. The number of hydrogen-bond acceptors (Lipinski definition) is 3. The molecule has 0 aliphatic carbocycles. The van der Waals surface area contributed by atoms with Gasteiger partial charge in [-0.15, -0.1) is 0 Å². The van der Waals surface area contributed by atoms with Crippen LogP contribution in [0.1, 0.15) is 15.9 Å². The predicted molar refractivity (Wildman–Crippen MR) is 78.5 cm³/mol. The molecule has 2 rings (SSSR count). The Kier molecular flexibility index (Phi) is 4.48. The number of non-ortho nitro benzene ring substituents is 1. The minimum absolute atomic E-state index is 0.0663. The van der Waals surface area contributed by atoms with Crippen molar-refractivity contribution in [1.82, 2.24) is 0 Å². The maximum Gasteiger partial charge on any atom is 0.269 e. The highest BCUT2D eigenvalue weighted by Crippen LogP contribution is 2.11. The van der Waals surface area contributed by atoms with Crippen LogP contribution in [0, 0.1) is 33.8 Å². The highest BCUT2D eigenvalue weighted by Gasteiger charge is 2.07. The lowest BCUT2D eigenvalue weighted by atomic mass is 10.1. The maximum absolute atomic E-state index is 11.7. The predicted octanol–water partition coefficient (Wildman–Crippen LogP) is 2.83. The lowest BCUT2D eigenvalue weighted by Crippen LogP contribution is -1.95. The van der Waals surface area contributed by atoms with Crippen LogP contribution in [-0.2, 0) is 0 Å². The smallest absolute Gasteiger partial charge is 0.269 e. The standard InChI is InChI=1S/C17H9NO3/c19-17(15-10-12-16(13-11-15)18(20)21)9-5-4-8-14-6-2-1-3-7-14/h1-3,6-7,10-13H. The number of hydrogen-bond donors (Lipinski definition) is 0. The first-order chi connectivity index (χ1) is 10.2. The molecular weight excluding hydrogens is 266 g/mol. The van der Waals surface area contributed by atoms with E-state index in [-0.39, 0.29) is 5.69 Å². The molecule has 0 unspecified atom stereocenters. The van der Waals surface area contributed by atoms with Gasteiger partial charge < -0.3 is 0 Å². The molecule has 0 aromatic heterocycles. The minimum atomic E-state index is -0.523. The molecule has 0 saturated heterocycles. The van der Waals surface area contributed by atoms with Crippen molar-refractivity contribution < 1.29 is 9.72 Å². The molecule has 0 radical (unpaired) electrons. The van der Waals surface area contributed by atoms with Crippen molar-refractivity contribution in [3.63, 3.8) is 0 Å². The van der Waals surface area contributed by atoms with Crippen LogP contribution in [0.2, 0.25) is 0 Å². The molecule has 0 aliphatic heterocycles. The molecule has 0 amide bonds. The highest BCUT2D eigenvalue weighted by atomic mass is 16.6. The summed E-state index contributed by atoms with van der Waals surface area (Å²) in [6.45, 7) is 0. The summed E-state index contributed by atoms with van der Waals surface area (Å²) >= 11 is 0. The topological polar surface area (TPSA) is 60.2 Å². The Morgan fingerprint density at radius 2 is 1.62 bits per heavy atom. The Balaban J connectivity index is 2.07. The fourth-order valence-corrected chi connectivity index (χ4v) is 1.52. The summed E-state index contributed by atoms with van der Waals surface area (Å²) in [7, 11) is 0. The number of rotatable bonds is 2. The number of carbonyl (C=O) groups excluding carboxylic acids is 1. The lowest BCUT2D eigenvalue weighted by Gasteiger charge is -1.93. The molecule has 2 aromatic carbocycles. The number of carbonyl (C=O) groups is 1. The van der Waals surface area contributed by atoms with E-state index in [1.807, 2.05) is 30.3 Å². The second-order valence-electron chi connectivity index (χ2n) is 4.00. The van der Waals surface area contributed by atoms with Crippen LogP contribution in [0.3, 0.4) is 0 Å². The van der Waals surface area contributed by atoms with Crippen LogP contribution in [-0.4, -0.2) is 10.7 Å². The molecule has 0 bridgehead atoms. The summed E-state index contributed by atoms with van der Waals surface area (Å²) < 4.78 is 0. The third-order valence-electron chi connectivity index (χ3n) is 2.56. The van der Waals surface area contributed by atoms with Gasteiger partial charge in [-0.25, -0.2) is 0 Å². The molecule has 0 saturated carbocycles. The fourth-order valence-electron chi connectivity index (χ4n) is 1.52. The zero-order chi connectivity index (χ0) is 15.1. The molecule has 0 spiro atoms. The van der Waals surface area contributed by atoms with E-state index in [4.69, 9.17) is 0 Å². The Morgan fingerprint density at radius 3 is 2.24 bits per heavy atom. The number of nitro groups is 1. The molecule has 0 aliphatic rings. The number of ketones is 1. The van der Waals surface area contributed by atoms with Gasteiger partial charge in [0.2, 0.25) is 5.78 Å². The van der Waals surface area contributed by atoms with Gasteiger partial charge in [0, 0.05) is 23.3 Å². The Labute approximate surface area is 121 Å². The first-order valence-electron chi connectivity index (χ1n) is 6.02. The van der Waals surface area contributed by atoms with Crippen LogP contribution in [0.4, 0.5) is 5.69 Å². The van der Waals surface area contributed by atoms with Crippen molar-refractivity contribution in [3.8, 4) is 23.7 Å². The molecule has 100 valence electrons. The zero-order valence-electron chi connectivity index (χ0n) is 10.9. The number of benzene rings is 2. The molecule has 4 nitrogen and oxygen atoms in total. The van der Waals surface area contributed by atoms with E-state index in [2.05, 4.69) is 23.7 Å². The van der Waals surface area contributed by atoms with Gasteiger partial charge in [0.25, 0.3) is 5.69 Å². The van der Waals surface area contributed by atoms with Gasteiger partial charge in [0.1, 0.15) is 0 Å². The largest absolute Gasteiger partial charge is 0.279 e. The lowest BCUT2D eigenvalue weighted by molar-refractivity contribution is -0.384. The SMILES string of the molecule is O=C(C#CC#Cc1ccccc1)c1ccc([N+](=O)[O-])cc1. The molecule has 0 N–H and O–H groups in total. The third-order valence-corrected chi connectivity index (χ3v) is 2.56. The van der Waals surface area contributed by atoms with Crippen molar-refractivity contribution in [2.45, 2.75) is 0 Å². The zero-order valence-corrected chi connectivity index (χ0v) is 10.9. The first-order valence-corrected chi connectivity index (χ1v) is 6.02. The van der Waals surface area contributed by atoms with E-state index in [1.54, 1.807) is 0 Å². The molecule has 2 aromatic rings. The van der Waals surface area contributed by atoms with Crippen LogP contribution < -0.4 is 0 Å². The Morgan fingerprint density at radius 1 is 0.952 bits per heavy atom. The molecule has 0 fully saturated rings. The van der Waals surface area contributed by atoms with E-state index in [0.717, 1.165) is 5.56 Å². The van der Waals surface area contributed by atoms with Gasteiger partial charge in [0.15, 0.2) is 0 Å². The van der Waals surface area contributed by atoms with E-state index >= 15 is 0 Å². The Hall–Kier alpha value is -3.37. The summed E-state index contributed by atoms with van der Waals surface area (Å²) in [4.78, 5) is 21.7. The van der Waals surface area contributed by atoms with Crippen molar-refractivity contribution in [1.29, 1.82) is 0 Å². The molecule has 4 heteroatoms. The fraction of sp³-hybridized carbons (Fsp3) is 0. The van der Waals surface area contributed by atoms with Crippen molar-refractivity contribution >= 4 is 11.5 Å². The maximum atomic E-state index is 11.7. The first kappa shape index (κ1) is 14.0. The van der Waals surface area contributed by atoms with Crippen molar-refractivity contribution in [2.75, 3.05) is 0 Å². The van der Waals surface area contributed by atoms with E-state index in [0.29, 0.717) is 5.56 Å². The van der Waals surface area contributed by atoms with Gasteiger partial charge >= 0.3 is 0 Å². The average Bonchev–Trinajstić information content (AvgIpc) is 2.52. The number of nitrogens with zero attached hydrogens (tertiary/aromatic N) is 1. The van der Waals surface area contributed by atoms with Crippen LogP contribution in [0.5, 0.6) is 0 Å². The normalized spacial score (nSPS) is 8.76. The highest BCUT2D eigenvalue weighted by molar-refractivity contribution is 6.09. The van der Waals surface area contributed by atoms with Gasteiger partial charge in [0.05, 0.1) is 4.92 Å².